The van der Waals surface area contributed by atoms with Crippen LogP contribution in [0.2, 0.25) is 0 Å². The van der Waals surface area contributed by atoms with Crippen LogP contribution < -0.4 is 5.32 Å². The summed E-state index contributed by atoms with van der Waals surface area (Å²) in [6.07, 6.45) is 1.23. The smallest absolute Gasteiger partial charge is 0.290 e. The number of nitro groups is 1. The standard InChI is InChI=1S/C15H17N3O3S/c1-12-9-15(17-10-14(12)18(19)20)16-7-8-22(21)11-13-5-3-2-4-6-13/h2-6,9-10H,7-8,11H2,1H3,(H,16,17). The molecular weight excluding hydrogens is 302 g/mol. The van der Waals surface area contributed by atoms with Gasteiger partial charge in [0.2, 0.25) is 0 Å². The fourth-order valence-corrected chi connectivity index (χ4v) is 3.00. The summed E-state index contributed by atoms with van der Waals surface area (Å²) in [6.45, 7) is 2.17. The van der Waals surface area contributed by atoms with Gasteiger partial charge in [0.05, 0.1) is 4.92 Å². The molecule has 22 heavy (non-hydrogen) atoms. The summed E-state index contributed by atoms with van der Waals surface area (Å²) in [6, 6.07) is 11.3. The van der Waals surface area contributed by atoms with Gasteiger partial charge in [-0.25, -0.2) is 4.98 Å². The normalized spacial score (nSPS) is 11.9. The molecule has 0 saturated carbocycles. The molecule has 0 radical (unpaired) electrons. The zero-order chi connectivity index (χ0) is 15.9. The second-order valence-electron chi connectivity index (χ2n) is 4.81. The minimum Gasteiger partial charge on any atom is -0.369 e. The molecule has 7 heteroatoms. The average molecular weight is 319 g/mol. The van der Waals surface area contributed by atoms with Crippen LogP contribution in [0.4, 0.5) is 11.5 Å². The number of hydrogen-bond acceptors (Lipinski definition) is 5. The molecule has 1 heterocycles. The van der Waals surface area contributed by atoms with Crippen molar-refractivity contribution >= 4 is 22.3 Å². The summed E-state index contributed by atoms with van der Waals surface area (Å²) in [5, 5.41) is 13.8. The Kier molecular flexibility index (Phi) is 5.60. The first kappa shape index (κ1) is 16.1. The van der Waals surface area contributed by atoms with Crippen molar-refractivity contribution in [3.05, 3.63) is 63.8 Å². The molecule has 1 N–H and O–H groups in total. The third kappa shape index (κ3) is 4.63. The molecule has 0 aliphatic carbocycles. The Hall–Kier alpha value is -2.28. The van der Waals surface area contributed by atoms with Crippen LogP contribution in [0.5, 0.6) is 0 Å². The van der Waals surface area contributed by atoms with Crippen LogP contribution in [0, 0.1) is 17.0 Å². The number of aryl methyl sites for hydroxylation is 1. The Bertz CT molecular complexity index is 677. The molecule has 0 amide bonds. The lowest BCUT2D eigenvalue weighted by Gasteiger charge is -2.07. The first-order valence-corrected chi connectivity index (χ1v) is 8.29. The number of nitrogens with zero attached hydrogens (tertiary/aromatic N) is 2. The molecule has 0 bridgehead atoms. The fourth-order valence-electron chi connectivity index (χ4n) is 1.96. The SMILES string of the molecule is Cc1cc(NCCS(=O)Cc2ccccc2)ncc1[N+](=O)[O-]. The van der Waals surface area contributed by atoms with Gasteiger partial charge in [-0.1, -0.05) is 30.3 Å². The van der Waals surface area contributed by atoms with Gasteiger partial charge in [0.1, 0.15) is 12.0 Å². The van der Waals surface area contributed by atoms with E-state index < -0.39 is 15.7 Å². The van der Waals surface area contributed by atoms with E-state index in [1.54, 1.807) is 13.0 Å². The van der Waals surface area contributed by atoms with Crippen molar-refractivity contribution in [3.8, 4) is 0 Å². The van der Waals surface area contributed by atoms with Gasteiger partial charge >= 0.3 is 0 Å². The second-order valence-corrected chi connectivity index (χ2v) is 6.39. The molecule has 2 rings (SSSR count). The van der Waals surface area contributed by atoms with E-state index in [4.69, 9.17) is 0 Å². The monoisotopic (exact) mass is 319 g/mol. The highest BCUT2D eigenvalue weighted by molar-refractivity contribution is 7.84. The van der Waals surface area contributed by atoms with E-state index >= 15 is 0 Å². The summed E-state index contributed by atoms with van der Waals surface area (Å²) in [5.41, 5.74) is 1.59. The average Bonchev–Trinajstić information content (AvgIpc) is 2.48. The minimum absolute atomic E-state index is 0.00166. The zero-order valence-corrected chi connectivity index (χ0v) is 13.0. The topological polar surface area (TPSA) is 85.1 Å². The molecule has 0 fully saturated rings. The largest absolute Gasteiger partial charge is 0.369 e. The van der Waals surface area contributed by atoms with Crippen LogP contribution >= 0.6 is 0 Å². The molecular formula is C15H17N3O3S. The van der Waals surface area contributed by atoms with Gasteiger partial charge in [-0.15, -0.1) is 0 Å². The third-order valence-electron chi connectivity index (χ3n) is 3.09. The van der Waals surface area contributed by atoms with Gasteiger partial charge in [0, 0.05) is 34.4 Å². The van der Waals surface area contributed by atoms with E-state index in [0.29, 0.717) is 29.4 Å². The lowest BCUT2D eigenvalue weighted by atomic mass is 10.2. The van der Waals surface area contributed by atoms with Crippen LogP contribution in [0.25, 0.3) is 0 Å². The number of anilines is 1. The first-order valence-electron chi connectivity index (χ1n) is 6.80. The molecule has 116 valence electrons. The summed E-state index contributed by atoms with van der Waals surface area (Å²) in [4.78, 5) is 14.2. The number of rotatable bonds is 7. The van der Waals surface area contributed by atoms with Gasteiger partial charge < -0.3 is 5.32 Å². The van der Waals surface area contributed by atoms with Gasteiger partial charge in [-0.3, -0.25) is 14.3 Å². The van der Waals surface area contributed by atoms with Crippen LogP contribution in [0.1, 0.15) is 11.1 Å². The number of aromatic nitrogens is 1. The molecule has 0 aliphatic rings. The maximum Gasteiger partial charge on any atom is 0.290 e. The highest BCUT2D eigenvalue weighted by atomic mass is 32.2. The summed E-state index contributed by atoms with van der Waals surface area (Å²) in [5.74, 6) is 1.57. The van der Waals surface area contributed by atoms with Gasteiger partial charge in [0.15, 0.2) is 0 Å². The van der Waals surface area contributed by atoms with Gasteiger partial charge in [0.25, 0.3) is 5.69 Å². The van der Waals surface area contributed by atoms with Crippen LogP contribution in [0.3, 0.4) is 0 Å². The number of hydrogen-bond donors (Lipinski definition) is 1. The quantitative estimate of drug-likeness (QED) is 0.626. The molecule has 0 saturated heterocycles. The second kappa shape index (κ2) is 7.65. The van der Waals surface area contributed by atoms with Crippen LogP contribution in [0.15, 0.2) is 42.6 Å². The molecule has 0 spiro atoms. The molecule has 1 aromatic heterocycles. The van der Waals surface area contributed by atoms with Crippen molar-refractivity contribution in [1.29, 1.82) is 0 Å². The third-order valence-corrected chi connectivity index (χ3v) is 4.40. The van der Waals surface area contributed by atoms with E-state index in [1.165, 1.54) is 6.20 Å². The Morgan fingerprint density at radius 3 is 2.68 bits per heavy atom. The van der Waals surface area contributed by atoms with Gasteiger partial charge in [-0.2, -0.15) is 0 Å². The first-order chi connectivity index (χ1) is 10.6. The number of nitrogens with one attached hydrogen (secondary N) is 1. The van der Waals surface area contributed by atoms with Crippen molar-refractivity contribution in [2.75, 3.05) is 17.6 Å². The number of pyridine rings is 1. The Balaban J connectivity index is 1.82. The lowest BCUT2D eigenvalue weighted by molar-refractivity contribution is -0.385. The predicted molar refractivity (Wildman–Crippen MR) is 87.3 cm³/mol. The van der Waals surface area contributed by atoms with Crippen molar-refractivity contribution in [3.63, 3.8) is 0 Å². The van der Waals surface area contributed by atoms with Gasteiger partial charge in [-0.05, 0) is 18.6 Å². The molecule has 2 aromatic rings. The lowest BCUT2D eigenvalue weighted by Crippen LogP contribution is -2.13. The maximum absolute atomic E-state index is 12.0. The molecule has 1 aromatic carbocycles. The van der Waals surface area contributed by atoms with Crippen molar-refractivity contribution in [2.45, 2.75) is 12.7 Å². The molecule has 1 atom stereocenters. The van der Waals surface area contributed by atoms with E-state index in [0.717, 1.165) is 5.56 Å². The van der Waals surface area contributed by atoms with Crippen LogP contribution in [-0.2, 0) is 16.6 Å². The summed E-state index contributed by atoms with van der Waals surface area (Å²) >= 11 is 0. The maximum atomic E-state index is 12.0. The van der Waals surface area contributed by atoms with E-state index in [1.807, 2.05) is 30.3 Å². The Morgan fingerprint density at radius 2 is 2.05 bits per heavy atom. The summed E-state index contributed by atoms with van der Waals surface area (Å²) in [7, 11) is -0.960. The highest BCUT2D eigenvalue weighted by Crippen LogP contribution is 2.18. The van der Waals surface area contributed by atoms with E-state index in [9.17, 15) is 14.3 Å². The summed E-state index contributed by atoms with van der Waals surface area (Å²) < 4.78 is 12.0. The molecule has 1 unspecified atom stereocenters. The van der Waals surface area contributed by atoms with E-state index in [-0.39, 0.29) is 5.69 Å². The number of benzene rings is 1. The molecule has 6 nitrogen and oxygen atoms in total. The zero-order valence-electron chi connectivity index (χ0n) is 12.2. The Morgan fingerprint density at radius 1 is 1.32 bits per heavy atom. The van der Waals surface area contributed by atoms with Crippen molar-refractivity contribution in [1.82, 2.24) is 4.98 Å². The van der Waals surface area contributed by atoms with Crippen molar-refractivity contribution in [2.24, 2.45) is 0 Å². The fraction of sp³-hybridized carbons (Fsp3) is 0.267. The predicted octanol–water partition coefficient (Wildman–Crippen LogP) is 2.66. The van der Waals surface area contributed by atoms with Crippen LogP contribution in [-0.4, -0.2) is 26.4 Å². The van der Waals surface area contributed by atoms with Crippen molar-refractivity contribution < 1.29 is 9.13 Å². The minimum atomic E-state index is -0.960. The molecule has 0 aliphatic heterocycles. The van der Waals surface area contributed by atoms with E-state index in [2.05, 4.69) is 10.3 Å². The Labute approximate surface area is 131 Å². The highest BCUT2D eigenvalue weighted by Gasteiger charge is 2.11.